The summed E-state index contributed by atoms with van der Waals surface area (Å²) in [6, 6.07) is 12.4. The van der Waals surface area contributed by atoms with Crippen LogP contribution in [0, 0.1) is 13.8 Å². The third kappa shape index (κ3) is 3.16. The predicted octanol–water partition coefficient (Wildman–Crippen LogP) is 2.02. The molecule has 1 aliphatic rings. The Morgan fingerprint density at radius 2 is 1.79 bits per heavy atom. The second kappa shape index (κ2) is 6.45. The molecule has 124 valence electrons. The predicted molar refractivity (Wildman–Crippen MR) is 91.6 cm³/mol. The van der Waals surface area contributed by atoms with Crippen molar-refractivity contribution in [1.82, 2.24) is 5.32 Å². The lowest BCUT2D eigenvalue weighted by molar-refractivity contribution is -0.137. The molecule has 2 unspecified atom stereocenters. The normalized spacial score (nSPS) is 18.8. The fraction of sp³-hybridized carbons (Fsp3) is 0.263. The second-order valence-corrected chi connectivity index (χ2v) is 6.17. The molecule has 0 fully saturated rings. The van der Waals surface area contributed by atoms with Crippen LogP contribution in [-0.2, 0) is 16.0 Å². The van der Waals surface area contributed by atoms with Gasteiger partial charge in [0.25, 0.3) is 0 Å². The van der Waals surface area contributed by atoms with Crippen molar-refractivity contribution in [2.45, 2.75) is 32.4 Å². The van der Waals surface area contributed by atoms with E-state index in [4.69, 9.17) is 0 Å². The Hall–Kier alpha value is -2.66. The number of nitrogens with one attached hydrogen (secondary N) is 2. The molecule has 2 atom stereocenters. The zero-order valence-electron chi connectivity index (χ0n) is 13.7. The van der Waals surface area contributed by atoms with E-state index in [1.807, 2.05) is 50.2 Å². The number of hydrogen-bond donors (Lipinski definition) is 3. The molecule has 0 spiro atoms. The molecule has 0 saturated carbocycles. The number of benzene rings is 2. The number of anilines is 1. The van der Waals surface area contributed by atoms with Gasteiger partial charge in [-0.3, -0.25) is 9.59 Å². The highest BCUT2D eigenvalue weighted by Gasteiger charge is 2.33. The summed E-state index contributed by atoms with van der Waals surface area (Å²) in [5, 5.41) is 15.4. The van der Waals surface area contributed by atoms with Crippen molar-refractivity contribution in [3.05, 3.63) is 64.7 Å². The van der Waals surface area contributed by atoms with E-state index in [-0.39, 0.29) is 0 Å². The van der Waals surface area contributed by atoms with Gasteiger partial charge in [0.2, 0.25) is 0 Å². The van der Waals surface area contributed by atoms with E-state index >= 15 is 0 Å². The summed E-state index contributed by atoms with van der Waals surface area (Å²) in [6.07, 6.45) is -0.249. The number of amides is 2. The lowest BCUT2D eigenvalue weighted by atomic mass is 10.1. The van der Waals surface area contributed by atoms with Crippen molar-refractivity contribution >= 4 is 17.5 Å². The molecule has 3 N–H and O–H groups in total. The molecule has 0 aliphatic heterocycles. The number of carbonyl (C=O) groups excluding carboxylic acids is 2. The maximum atomic E-state index is 12.2. The van der Waals surface area contributed by atoms with Crippen LogP contribution >= 0.6 is 0 Å². The molecule has 0 saturated heterocycles. The topological polar surface area (TPSA) is 78.4 Å². The average Bonchev–Trinajstić information content (AvgIpc) is 2.87. The SMILES string of the molecule is Cc1ccc(NC(=O)C(=O)NC2c3ccccc3CC2O)cc1C. The van der Waals surface area contributed by atoms with Crippen molar-refractivity contribution in [1.29, 1.82) is 0 Å². The molecule has 24 heavy (non-hydrogen) atoms. The molecule has 5 nitrogen and oxygen atoms in total. The highest BCUT2D eigenvalue weighted by Crippen LogP contribution is 2.31. The largest absolute Gasteiger partial charge is 0.390 e. The van der Waals surface area contributed by atoms with E-state index in [0.717, 1.165) is 22.3 Å². The monoisotopic (exact) mass is 324 g/mol. The van der Waals surface area contributed by atoms with Crippen molar-refractivity contribution in [2.75, 3.05) is 5.32 Å². The zero-order valence-corrected chi connectivity index (χ0v) is 13.7. The van der Waals surface area contributed by atoms with E-state index < -0.39 is 24.0 Å². The minimum absolute atomic E-state index is 0.472. The fourth-order valence-electron chi connectivity index (χ4n) is 2.96. The minimum atomic E-state index is -0.756. The third-order valence-corrected chi connectivity index (χ3v) is 4.46. The van der Waals surface area contributed by atoms with Crippen molar-refractivity contribution < 1.29 is 14.7 Å². The first kappa shape index (κ1) is 16.2. The van der Waals surface area contributed by atoms with Gasteiger partial charge in [-0.25, -0.2) is 0 Å². The molecule has 5 heteroatoms. The summed E-state index contributed by atoms with van der Waals surface area (Å²) in [4.78, 5) is 24.3. The Bertz CT molecular complexity index is 801. The molecule has 0 radical (unpaired) electrons. The summed E-state index contributed by atoms with van der Waals surface area (Å²) >= 11 is 0. The Morgan fingerprint density at radius 1 is 1.04 bits per heavy atom. The number of hydrogen-bond acceptors (Lipinski definition) is 3. The highest BCUT2D eigenvalue weighted by molar-refractivity contribution is 6.39. The van der Waals surface area contributed by atoms with E-state index in [1.54, 1.807) is 6.07 Å². The van der Waals surface area contributed by atoms with Gasteiger partial charge in [0, 0.05) is 12.1 Å². The lowest BCUT2D eigenvalue weighted by Gasteiger charge is -2.17. The average molecular weight is 324 g/mol. The molecule has 3 rings (SSSR count). The van der Waals surface area contributed by atoms with Gasteiger partial charge < -0.3 is 15.7 Å². The number of aryl methyl sites for hydroxylation is 2. The smallest absolute Gasteiger partial charge is 0.313 e. The van der Waals surface area contributed by atoms with Crippen LogP contribution in [0.15, 0.2) is 42.5 Å². The molecule has 0 aromatic heterocycles. The molecule has 0 heterocycles. The molecule has 0 bridgehead atoms. The lowest BCUT2D eigenvalue weighted by Crippen LogP contribution is -2.40. The van der Waals surface area contributed by atoms with Gasteiger partial charge in [0.05, 0.1) is 12.1 Å². The summed E-state index contributed by atoms with van der Waals surface area (Å²) in [7, 11) is 0. The number of aliphatic hydroxyl groups excluding tert-OH is 1. The number of rotatable bonds is 2. The molecule has 1 aliphatic carbocycles. The Morgan fingerprint density at radius 3 is 2.54 bits per heavy atom. The second-order valence-electron chi connectivity index (χ2n) is 6.17. The molecule has 2 aromatic carbocycles. The van der Waals surface area contributed by atoms with Crippen LogP contribution in [0.2, 0.25) is 0 Å². The van der Waals surface area contributed by atoms with Gasteiger partial charge in [0.15, 0.2) is 0 Å². The first-order valence-corrected chi connectivity index (χ1v) is 7.90. The van der Waals surface area contributed by atoms with Crippen LogP contribution in [-0.4, -0.2) is 23.0 Å². The van der Waals surface area contributed by atoms with Gasteiger partial charge in [-0.1, -0.05) is 30.3 Å². The first-order chi connectivity index (χ1) is 11.5. The molecule has 2 amide bonds. The van der Waals surface area contributed by atoms with Gasteiger partial charge in [-0.2, -0.15) is 0 Å². The van der Waals surface area contributed by atoms with Crippen LogP contribution in [0.3, 0.4) is 0 Å². The molecular formula is C19H20N2O3. The first-order valence-electron chi connectivity index (χ1n) is 7.90. The van der Waals surface area contributed by atoms with Crippen molar-refractivity contribution in [3.8, 4) is 0 Å². The van der Waals surface area contributed by atoms with E-state index in [1.165, 1.54) is 0 Å². The van der Waals surface area contributed by atoms with E-state index in [0.29, 0.717) is 12.1 Å². The summed E-state index contributed by atoms with van der Waals surface area (Å²) in [5.74, 6) is -1.50. The maximum Gasteiger partial charge on any atom is 0.313 e. The fourth-order valence-corrected chi connectivity index (χ4v) is 2.96. The summed E-state index contributed by atoms with van der Waals surface area (Å²) < 4.78 is 0. The van der Waals surface area contributed by atoms with Gasteiger partial charge in [-0.05, 0) is 48.2 Å². The number of fused-ring (bicyclic) bond motifs is 1. The summed E-state index contributed by atoms with van der Waals surface area (Å²) in [5.41, 5.74) is 4.57. The Labute approximate surface area is 140 Å². The Kier molecular flexibility index (Phi) is 4.36. The number of aliphatic hydroxyl groups is 1. The molecular weight excluding hydrogens is 304 g/mol. The van der Waals surface area contributed by atoms with Crippen LogP contribution in [0.25, 0.3) is 0 Å². The van der Waals surface area contributed by atoms with Crippen LogP contribution in [0.5, 0.6) is 0 Å². The Balaban J connectivity index is 1.68. The van der Waals surface area contributed by atoms with Gasteiger partial charge >= 0.3 is 11.8 Å². The summed E-state index contributed by atoms with van der Waals surface area (Å²) in [6.45, 7) is 3.92. The standard InChI is InChI=1S/C19H20N2O3/c1-11-7-8-14(9-12(11)2)20-18(23)19(24)21-17-15-6-4-3-5-13(15)10-16(17)22/h3-9,16-17,22H,10H2,1-2H3,(H,20,23)(H,21,24). The highest BCUT2D eigenvalue weighted by atomic mass is 16.3. The maximum absolute atomic E-state index is 12.2. The quantitative estimate of drug-likeness (QED) is 0.740. The van der Waals surface area contributed by atoms with Crippen molar-refractivity contribution in [3.63, 3.8) is 0 Å². The van der Waals surface area contributed by atoms with Crippen molar-refractivity contribution in [2.24, 2.45) is 0 Å². The molecule has 2 aromatic rings. The van der Waals surface area contributed by atoms with E-state index in [9.17, 15) is 14.7 Å². The minimum Gasteiger partial charge on any atom is -0.390 e. The van der Waals surface area contributed by atoms with E-state index in [2.05, 4.69) is 10.6 Å². The van der Waals surface area contributed by atoms with Crippen LogP contribution in [0.4, 0.5) is 5.69 Å². The zero-order chi connectivity index (χ0) is 17.3. The van der Waals surface area contributed by atoms with Crippen LogP contribution in [0.1, 0.15) is 28.3 Å². The van der Waals surface area contributed by atoms with Gasteiger partial charge in [0.1, 0.15) is 0 Å². The van der Waals surface area contributed by atoms with Crippen LogP contribution < -0.4 is 10.6 Å². The third-order valence-electron chi connectivity index (χ3n) is 4.46. The van der Waals surface area contributed by atoms with Gasteiger partial charge in [-0.15, -0.1) is 0 Å². The number of carbonyl (C=O) groups is 2.